The van der Waals surface area contributed by atoms with E-state index in [1.54, 1.807) is 34.8 Å². The topological polar surface area (TPSA) is 3.24 Å². The van der Waals surface area contributed by atoms with Crippen LogP contribution in [0.5, 0.6) is 0 Å². The van der Waals surface area contributed by atoms with Crippen LogP contribution < -0.4 is 0 Å². The fraction of sp³-hybridized carbons (Fsp3) is 0.294. The summed E-state index contributed by atoms with van der Waals surface area (Å²) in [7, 11) is 2.15. The summed E-state index contributed by atoms with van der Waals surface area (Å²) in [6, 6.07) is 6.26. The van der Waals surface area contributed by atoms with E-state index in [0.29, 0.717) is 0 Å². The van der Waals surface area contributed by atoms with Crippen LogP contribution in [-0.2, 0) is 13.0 Å². The molecule has 1 aliphatic heterocycles. The van der Waals surface area contributed by atoms with Crippen molar-refractivity contribution in [3.63, 3.8) is 0 Å². The van der Waals surface area contributed by atoms with E-state index < -0.39 is 0 Å². The predicted molar refractivity (Wildman–Crippen MR) is 98.8 cm³/mol. The first kappa shape index (κ1) is 18.2. The summed E-state index contributed by atoms with van der Waals surface area (Å²) in [4.78, 5) is 5.16. The third-order valence-corrected chi connectivity index (χ3v) is 4.97. The second-order valence-corrected chi connectivity index (χ2v) is 7.60. The average Bonchev–Trinajstić information content (AvgIpc) is 3.07. The van der Waals surface area contributed by atoms with Crippen LogP contribution in [-0.4, -0.2) is 18.5 Å². The quantitative estimate of drug-likeness (QED) is 0.593. The molecule has 0 saturated carbocycles. The molecule has 0 spiro atoms. The molecule has 0 amide bonds. The highest BCUT2D eigenvalue weighted by molar-refractivity contribution is 7.16. The molecule has 2 aromatic rings. The first-order chi connectivity index (χ1) is 10.1. The van der Waals surface area contributed by atoms with Gasteiger partial charge in [-0.2, -0.15) is 0 Å². The Kier molecular flexibility index (Phi) is 8.62. The van der Waals surface area contributed by atoms with Gasteiger partial charge in [-0.25, -0.2) is 0 Å². The van der Waals surface area contributed by atoms with Crippen LogP contribution in [0.3, 0.4) is 0 Å². The number of allylic oxidation sites excluding steroid dienone is 2. The Labute approximate surface area is 141 Å². The molecule has 114 valence electrons. The maximum atomic E-state index is 5.90. The van der Waals surface area contributed by atoms with E-state index in [9.17, 15) is 0 Å². The highest BCUT2D eigenvalue weighted by Crippen LogP contribution is 2.30. The lowest BCUT2D eigenvalue weighted by Crippen LogP contribution is -2.24. The van der Waals surface area contributed by atoms with E-state index in [0.717, 1.165) is 17.3 Å². The van der Waals surface area contributed by atoms with Crippen molar-refractivity contribution in [1.29, 1.82) is 0 Å². The van der Waals surface area contributed by atoms with E-state index >= 15 is 0 Å². The summed E-state index contributed by atoms with van der Waals surface area (Å²) in [6.45, 7) is 11.1. The van der Waals surface area contributed by atoms with Crippen LogP contribution in [0.15, 0.2) is 48.9 Å². The summed E-state index contributed by atoms with van der Waals surface area (Å²) in [6.07, 6.45) is 4.44. The van der Waals surface area contributed by atoms with Crippen molar-refractivity contribution in [3.8, 4) is 0 Å². The number of fused-ring (bicyclic) bond motifs is 1. The van der Waals surface area contributed by atoms with E-state index in [-0.39, 0.29) is 0 Å². The zero-order valence-electron chi connectivity index (χ0n) is 12.6. The molecule has 3 rings (SSSR count). The number of halogens is 1. The van der Waals surface area contributed by atoms with Gasteiger partial charge in [-0.05, 0) is 43.5 Å². The van der Waals surface area contributed by atoms with Gasteiger partial charge >= 0.3 is 0 Å². The molecule has 0 N–H and O–H groups in total. The summed E-state index contributed by atoms with van der Waals surface area (Å²) in [5, 5.41) is 2.08. The molecule has 4 heteroatoms. The predicted octanol–water partition coefficient (Wildman–Crippen LogP) is 5.80. The van der Waals surface area contributed by atoms with Gasteiger partial charge in [0.05, 0.1) is 4.34 Å². The molecule has 0 saturated heterocycles. The zero-order valence-corrected chi connectivity index (χ0v) is 15.0. The van der Waals surface area contributed by atoms with Gasteiger partial charge in [-0.3, -0.25) is 0 Å². The van der Waals surface area contributed by atoms with Crippen molar-refractivity contribution in [2.75, 3.05) is 13.6 Å². The van der Waals surface area contributed by atoms with E-state index in [4.69, 9.17) is 11.6 Å². The molecule has 0 atom stereocenters. The molecule has 21 heavy (non-hydrogen) atoms. The van der Waals surface area contributed by atoms with Gasteiger partial charge in [-0.15, -0.1) is 22.7 Å². The molecule has 0 fully saturated rings. The number of hydrogen-bond acceptors (Lipinski definition) is 3. The maximum Gasteiger partial charge on any atom is 0.0934 e. The van der Waals surface area contributed by atoms with Crippen LogP contribution >= 0.6 is 34.3 Å². The van der Waals surface area contributed by atoms with Gasteiger partial charge in [-0.1, -0.05) is 43.0 Å². The van der Waals surface area contributed by atoms with Gasteiger partial charge < -0.3 is 4.90 Å². The largest absolute Gasteiger partial charge is 0.301 e. The zero-order chi connectivity index (χ0) is 15.7. The summed E-state index contributed by atoms with van der Waals surface area (Å²) < 4.78 is 0.935. The van der Waals surface area contributed by atoms with Crippen molar-refractivity contribution >= 4 is 34.3 Å². The average molecular weight is 340 g/mol. The Morgan fingerprint density at radius 3 is 2.52 bits per heavy atom. The summed E-state index contributed by atoms with van der Waals surface area (Å²) >= 11 is 9.39. The molecule has 0 aromatic carbocycles. The number of rotatable bonds is 1. The van der Waals surface area contributed by atoms with E-state index in [1.165, 1.54) is 21.9 Å². The molecular weight excluding hydrogens is 318 g/mol. The lowest BCUT2D eigenvalue weighted by atomic mass is 10.1. The van der Waals surface area contributed by atoms with Gasteiger partial charge in [0.15, 0.2) is 0 Å². The Morgan fingerprint density at radius 2 is 2.05 bits per heavy atom. The van der Waals surface area contributed by atoms with Gasteiger partial charge in [0, 0.05) is 22.8 Å². The van der Waals surface area contributed by atoms with Crippen LogP contribution in [0, 0.1) is 6.92 Å². The Hall–Kier alpha value is -0.870. The van der Waals surface area contributed by atoms with Crippen molar-refractivity contribution in [2.45, 2.75) is 19.9 Å². The normalized spacial score (nSPS) is 13.1. The molecule has 0 radical (unpaired) electrons. The molecule has 0 aliphatic carbocycles. The Morgan fingerprint density at radius 1 is 1.33 bits per heavy atom. The molecule has 0 unspecified atom stereocenters. The lowest BCUT2D eigenvalue weighted by Gasteiger charge is -2.21. The number of aryl methyl sites for hydroxylation is 1. The monoisotopic (exact) mass is 339 g/mol. The van der Waals surface area contributed by atoms with Crippen molar-refractivity contribution in [1.82, 2.24) is 4.90 Å². The van der Waals surface area contributed by atoms with Crippen LogP contribution in [0.1, 0.15) is 15.3 Å². The summed E-state index contributed by atoms with van der Waals surface area (Å²) in [5.41, 5.74) is 1.46. The second kappa shape index (κ2) is 9.96. The Balaban J connectivity index is 0.000000187. The minimum atomic E-state index is 0.935. The van der Waals surface area contributed by atoms with E-state index in [1.807, 2.05) is 0 Å². The Bertz CT molecular complexity index is 537. The molecule has 0 bridgehead atoms. The maximum absolute atomic E-state index is 5.90. The molecule has 3 heterocycles. The first-order valence-electron chi connectivity index (χ1n) is 6.76. The van der Waals surface area contributed by atoms with Gasteiger partial charge in [0.1, 0.15) is 0 Å². The van der Waals surface area contributed by atoms with Crippen LogP contribution in [0.4, 0.5) is 0 Å². The molecule has 1 nitrogen and oxygen atoms in total. The smallest absolute Gasteiger partial charge is 0.0934 e. The van der Waals surface area contributed by atoms with Crippen molar-refractivity contribution in [2.24, 2.45) is 0 Å². The molecular formula is C17H22ClNS2. The standard InChI is InChI=1S/C8H10ClNS.C5H6S.C4H6/c1-10-3-2-6-4-8(9)11-7(6)5-10;1-5-3-2-4-6-5;1-3-4-2/h4H,2-3,5H2,1H3;2-4H,1H3;3-4H,1-2H2. The fourth-order valence-electron chi connectivity index (χ4n) is 1.77. The third-order valence-electron chi connectivity index (χ3n) is 2.87. The van der Waals surface area contributed by atoms with Crippen LogP contribution in [0.25, 0.3) is 0 Å². The van der Waals surface area contributed by atoms with Crippen molar-refractivity contribution < 1.29 is 0 Å². The highest BCUT2D eigenvalue weighted by Gasteiger charge is 2.15. The first-order valence-corrected chi connectivity index (χ1v) is 8.83. The third kappa shape index (κ3) is 7.09. The fourth-order valence-corrected chi connectivity index (χ4v) is 3.73. The highest BCUT2D eigenvalue weighted by atomic mass is 35.5. The molecule has 2 aromatic heterocycles. The number of likely N-dealkylation sites (N-methyl/N-ethyl adjacent to an activating group) is 1. The van der Waals surface area contributed by atoms with E-state index in [2.05, 4.69) is 55.6 Å². The lowest BCUT2D eigenvalue weighted by molar-refractivity contribution is 0.317. The summed E-state index contributed by atoms with van der Waals surface area (Å²) in [5.74, 6) is 0. The van der Waals surface area contributed by atoms with Gasteiger partial charge in [0.2, 0.25) is 0 Å². The second-order valence-electron chi connectivity index (χ2n) is 4.68. The SMILES string of the molecule is C=CC=C.CN1CCc2cc(Cl)sc2C1.Cc1cccs1. The number of hydrogen-bond donors (Lipinski definition) is 0. The number of thiophene rings is 2. The minimum absolute atomic E-state index is 0.935. The molecule has 1 aliphatic rings. The minimum Gasteiger partial charge on any atom is -0.301 e. The van der Waals surface area contributed by atoms with Crippen molar-refractivity contribution in [3.05, 3.63) is 68.5 Å². The van der Waals surface area contributed by atoms with Crippen LogP contribution in [0.2, 0.25) is 4.34 Å². The van der Waals surface area contributed by atoms with Gasteiger partial charge in [0.25, 0.3) is 0 Å². The number of nitrogens with zero attached hydrogens (tertiary/aromatic N) is 1.